The van der Waals surface area contributed by atoms with Gasteiger partial charge in [0.15, 0.2) is 0 Å². The molecule has 0 atom stereocenters. The SMILES string of the molecule is COc1cc(CCNC(=O)Nc2cccc3nccnc23)ccn1. The molecule has 2 aromatic heterocycles. The Labute approximate surface area is 139 Å². The van der Waals surface area contributed by atoms with Crippen LogP contribution in [0.3, 0.4) is 0 Å². The second-order valence-corrected chi connectivity index (χ2v) is 5.07. The maximum Gasteiger partial charge on any atom is 0.319 e. The highest BCUT2D eigenvalue weighted by Crippen LogP contribution is 2.18. The van der Waals surface area contributed by atoms with E-state index in [1.165, 1.54) is 0 Å². The molecule has 0 aliphatic rings. The van der Waals surface area contributed by atoms with E-state index in [9.17, 15) is 4.79 Å². The molecule has 2 heterocycles. The number of pyridine rings is 1. The van der Waals surface area contributed by atoms with Gasteiger partial charge in [-0.2, -0.15) is 0 Å². The highest BCUT2D eigenvalue weighted by molar-refractivity contribution is 5.98. The highest BCUT2D eigenvalue weighted by Gasteiger charge is 2.06. The molecule has 24 heavy (non-hydrogen) atoms. The fourth-order valence-corrected chi connectivity index (χ4v) is 2.30. The number of carbonyl (C=O) groups excluding carboxylic acids is 1. The normalized spacial score (nSPS) is 10.4. The van der Waals surface area contributed by atoms with Crippen molar-refractivity contribution < 1.29 is 9.53 Å². The van der Waals surface area contributed by atoms with Crippen LogP contribution in [0.15, 0.2) is 48.9 Å². The molecule has 0 fully saturated rings. The summed E-state index contributed by atoms with van der Waals surface area (Å²) in [4.78, 5) is 24.6. The third-order valence-electron chi connectivity index (χ3n) is 3.45. The summed E-state index contributed by atoms with van der Waals surface area (Å²) in [5.41, 5.74) is 3.06. The Morgan fingerprint density at radius 3 is 2.88 bits per heavy atom. The summed E-state index contributed by atoms with van der Waals surface area (Å²) in [6, 6.07) is 8.93. The molecule has 0 aliphatic carbocycles. The number of amides is 2. The van der Waals surface area contributed by atoms with Gasteiger partial charge < -0.3 is 15.4 Å². The van der Waals surface area contributed by atoms with Crippen molar-refractivity contribution >= 4 is 22.8 Å². The number of aromatic nitrogens is 3. The van der Waals surface area contributed by atoms with E-state index in [1.807, 2.05) is 24.3 Å². The standard InChI is InChI=1S/C17H17N5O2/c1-24-15-11-12(5-7-19-15)6-8-21-17(23)22-14-4-2-3-13-16(14)20-10-9-18-13/h2-5,7,9-11H,6,8H2,1H3,(H2,21,22,23). The third kappa shape index (κ3) is 3.75. The number of fused-ring (bicyclic) bond motifs is 1. The van der Waals surface area contributed by atoms with Gasteiger partial charge in [-0.1, -0.05) is 6.07 Å². The second kappa shape index (κ2) is 7.36. The van der Waals surface area contributed by atoms with E-state index in [0.717, 1.165) is 11.1 Å². The number of hydrogen-bond donors (Lipinski definition) is 2. The summed E-state index contributed by atoms with van der Waals surface area (Å²) in [5, 5.41) is 5.63. The quantitative estimate of drug-likeness (QED) is 0.752. The van der Waals surface area contributed by atoms with Gasteiger partial charge >= 0.3 is 6.03 Å². The molecule has 2 N–H and O–H groups in total. The number of nitrogens with zero attached hydrogens (tertiary/aromatic N) is 3. The highest BCUT2D eigenvalue weighted by atomic mass is 16.5. The molecule has 0 aliphatic heterocycles. The fraction of sp³-hybridized carbons (Fsp3) is 0.176. The van der Waals surface area contributed by atoms with Crippen molar-refractivity contribution in [1.29, 1.82) is 0 Å². The fourth-order valence-electron chi connectivity index (χ4n) is 2.30. The summed E-state index contributed by atoms with van der Waals surface area (Å²) in [6.45, 7) is 0.495. The predicted molar refractivity (Wildman–Crippen MR) is 91.1 cm³/mol. The summed E-state index contributed by atoms with van der Waals surface area (Å²) >= 11 is 0. The lowest BCUT2D eigenvalue weighted by Gasteiger charge is -2.09. The first kappa shape index (κ1) is 15.7. The number of nitrogens with one attached hydrogen (secondary N) is 2. The molecule has 0 saturated carbocycles. The van der Waals surface area contributed by atoms with Gasteiger partial charge in [-0.05, 0) is 30.2 Å². The van der Waals surface area contributed by atoms with E-state index in [0.29, 0.717) is 30.0 Å². The van der Waals surface area contributed by atoms with E-state index in [1.54, 1.807) is 31.8 Å². The Balaban J connectivity index is 1.57. The first-order valence-electron chi connectivity index (χ1n) is 7.50. The second-order valence-electron chi connectivity index (χ2n) is 5.07. The van der Waals surface area contributed by atoms with Crippen LogP contribution in [-0.2, 0) is 6.42 Å². The van der Waals surface area contributed by atoms with E-state index < -0.39 is 0 Å². The summed E-state index contributed by atoms with van der Waals surface area (Å²) in [7, 11) is 1.57. The van der Waals surface area contributed by atoms with Gasteiger partial charge in [-0.25, -0.2) is 9.78 Å². The lowest BCUT2D eigenvalue weighted by molar-refractivity contribution is 0.252. The number of methoxy groups -OCH3 is 1. The number of hydrogen-bond acceptors (Lipinski definition) is 5. The van der Waals surface area contributed by atoms with Gasteiger partial charge in [-0.3, -0.25) is 9.97 Å². The Kier molecular flexibility index (Phi) is 4.81. The Morgan fingerprint density at radius 1 is 1.12 bits per heavy atom. The van der Waals surface area contributed by atoms with Crippen molar-refractivity contribution in [2.45, 2.75) is 6.42 Å². The van der Waals surface area contributed by atoms with Gasteiger partial charge in [0, 0.05) is 31.2 Å². The average molecular weight is 323 g/mol. The molecule has 0 bridgehead atoms. The van der Waals surface area contributed by atoms with Crippen LogP contribution in [-0.4, -0.2) is 34.6 Å². The average Bonchev–Trinajstić information content (AvgIpc) is 2.62. The van der Waals surface area contributed by atoms with E-state index >= 15 is 0 Å². The zero-order valence-corrected chi connectivity index (χ0v) is 13.2. The van der Waals surface area contributed by atoms with Crippen LogP contribution in [0, 0.1) is 0 Å². The molecule has 0 spiro atoms. The number of rotatable bonds is 5. The van der Waals surface area contributed by atoms with E-state index in [4.69, 9.17) is 4.74 Å². The van der Waals surface area contributed by atoms with Crippen LogP contribution >= 0.6 is 0 Å². The molecule has 1 aromatic carbocycles. The number of benzene rings is 1. The molecule has 3 aromatic rings. The summed E-state index contributed by atoms with van der Waals surface area (Å²) < 4.78 is 5.08. The van der Waals surface area contributed by atoms with Crippen molar-refractivity contribution in [3.05, 3.63) is 54.5 Å². The van der Waals surface area contributed by atoms with Crippen molar-refractivity contribution in [3.8, 4) is 5.88 Å². The van der Waals surface area contributed by atoms with Gasteiger partial charge in [0.1, 0.15) is 5.52 Å². The van der Waals surface area contributed by atoms with Gasteiger partial charge in [0.25, 0.3) is 0 Å². The molecular formula is C17H17N5O2. The van der Waals surface area contributed by atoms with Crippen molar-refractivity contribution in [1.82, 2.24) is 20.3 Å². The maximum atomic E-state index is 12.1. The Hall–Kier alpha value is -3.22. The first-order chi connectivity index (χ1) is 11.8. The minimum absolute atomic E-state index is 0.283. The minimum atomic E-state index is -0.283. The number of ether oxygens (including phenoxy) is 1. The smallest absolute Gasteiger partial charge is 0.319 e. The van der Waals surface area contributed by atoms with Crippen molar-refractivity contribution in [2.75, 3.05) is 19.0 Å². The van der Waals surface area contributed by atoms with Crippen LogP contribution in [0.2, 0.25) is 0 Å². The number of urea groups is 1. The van der Waals surface area contributed by atoms with Gasteiger partial charge in [0.05, 0.1) is 18.3 Å². The van der Waals surface area contributed by atoms with E-state index in [2.05, 4.69) is 25.6 Å². The molecule has 122 valence electrons. The third-order valence-corrected chi connectivity index (χ3v) is 3.45. The van der Waals surface area contributed by atoms with Crippen LogP contribution in [0.1, 0.15) is 5.56 Å². The van der Waals surface area contributed by atoms with Crippen LogP contribution in [0.25, 0.3) is 11.0 Å². The van der Waals surface area contributed by atoms with Crippen LogP contribution < -0.4 is 15.4 Å². The molecule has 0 radical (unpaired) electrons. The van der Waals surface area contributed by atoms with Gasteiger partial charge in [-0.15, -0.1) is 0 Å². The number of para-hydroxylation sites is 1. The van der Waals surface area contributed by atoms with Crippen molar-refractivity contribution in [3.63, 3.8) is 0 Å². The lowest BCUT2D eigenvalue weighted by Crippen LogP contribution is -2.30. The van der Waals surface area contributed by atoms with Gasteiger partial charge in [0.2, 0.25) is 5.88 Å². The molecular weight excluding hydrogens is 306 g/mol. The summed E-state index contributed by atoms with van der Waals surface area (Å²) in [5.74, 6) is 0.561. The topological polar surface area (TPSA) is 89.0 Å². The van der Waals surface area contributed by atoms with Crippen LogP contribution in [0.4, 0.5) is 10.5 Å². The Morgan fingerprint density at radius 2 is 2.00 bits per heavy atom. The van der Waals surface area contributed by atoms with Crippen LogP contribution in [0.5, 0.6) is 5.88 Å². The molecule has 7 heteroatoms. The molecule has 0 unspecified atom stereocenters. The maximum absolute atomic E-state index is 12.1. The van der Waals surface area contributed by atoms with E-state index in [-0.39, 0.29) is 6.03 Å². The monoisotopic (exact) mass is 323 g/mol. The molecule has 7 nitrogen and oxygen atoms in total. The summed E-state index contributed by atoms with van der Waals surface area (Å²) in [6.07, 6.45) is 5.59. The lowest BCUT2D eigenvalue weighted by atomic mass is 10.2. The Bertz CT molecular complexity index is 848. The molecule has 2 amide bonds. The largest absolute Gasteiger partial charge is 0.481 e. The first-order valence-corrected chi connectivity index (χ1v) is 7.50. The number of carbonyl (C=O) groups is 1. The zero-order chi connectivity index (χ0) is 16.8. The predicted octanol–water partition coefficient (Wildman–Crippen LogP) is 2.40. The molecule has 0 saturated heterocycles. The minimum Gasteiger partial charge on any atom is -0.481 e. The molecule has 3 rings (SSSR count). The zero-order valence-electron chi connectivity index (χ0n) is 13.2. The van der Waals surface area contributed by atoms with Crippen molar-refractivity contribution in [2.24, 2.45) is 0 Å². The number of anilines is 1.